The van der Waals surface area contributed by atoms with Crippen molar-refractivity contribution < 1.29 is 4.79 Å². The van der Waals surface area contributed by atoms with Gasteiger partial charge in [0.1, 0.15) is 6.54 Å². The smallest absolute Gasteiger partial charge is 0.266 e. The third-order valence-corrected chi connectivity index (χ3v) is 0.517. The number of hydrogen-bond donors (Lipinski definition) is 0. The van der Waals surface area contributed by atoms with Crippen LogP contribution in [0.15, 0.2) is 10.2 Å². The normalized spacial score (nSPS) is 19.7. The zero-order valence-electron chi connectivity index (χ0n) is 3.09. The molecule has 3 heteroatoms. The molecule has 0 N–H and O–H groups in total. The summed E-state index contributed by atoms with van der Waals surface area (Å²) in [6.45, 7) is 1.49. The summed E-state index contributed by atoms with van der Waals surface area (Å²) in [5.41, 5.74) is 0. The lowest BCUT2D eigenvalue weighted by Crippen LogP contribution is -1.80. The zero-order valence-corrected chi connectivity index (χ0v) is 3.09. The number of carbonyl (C=O) groups excluding carboxylic acids is 1. The molecule has 1 rings (SSSR count). The summed E-state index contributed by atoms with van der Waals surface area (Å²) in [6, 6.07) is 0. The minimum atomic E-state index is -0.144. The van der Waals surface area contributed by atoms with E-state index in [1.807, 2.05) is 0 Å². The molecule has 1 aliphatic rings. The number of carbonyl (C=O) groups is 1. The van der Waals surface area contributed by atoms with Gasteiger partial charge in [-0.3, -0.25) is 4.79 Å². The predicted molar refractivity (Wildman–Crippen MR) is 18.8 cm³/mol. The Labute approximate surface area is 35.1 Å². The molecule has 1 aliphatic heterocycles. The second kappa shape index (κ2) is 1.16. The van der Waals surface area contributed by atoms with Gasteiger partial charge in [0.2, 0.25) is 0 Å². The van der Waals surface area contributed by atoms with Gasteiger partial charge in [-0.25, -0.2) is 0 Å². The Morgan fingerprint density at radius 2 is 2.67 bits per heavy atom. The van der Waals surface area contributed by atoms with Gasteiger partial charge in [0.05, 0.1) is 6.42 Å². The highest BCUT2D eigenvalue weighted by atomic mass is 16.2. The fraction of sp³-hybridized carbons (Fsp3) is 0.333. The van der Waals surface area contributed by atoms with Gasteiger partial charge in [0.25, 0.3) is 5.91 Å². The molecule has 0 aliphatic carbocycles. The van der Waals surface area contributed by atoms with Crippen molar-refractivity contribution in [3.05, 3.63) is 6.54 Å². The average molecular weight is 83.1 g/mol. The van der Waals surface area contributed by atoms with Crippen LogP contribution in [0.3, 0.4) is 0 Å². The van der Waals surface area contributed by atoms with E-state index in [2.05, 4.69) is 10.2 Å². The Kier molecular flexibility index (Phi) is 0.670. The highest BCUT2D eigenvalue weighted by Gasteiger charge is 2.03. The maximum atomic E-state index is 9.95. The molecular formula is C3H3N2O. The van der Waals surface area contributed by atoms with Gasteiger partial charge in [-0.15, -0.1) is 5.11 Å². The second-order valence-corrected chi connectivity index (χ2v) is 0.996. The molecule has 1 radical (unpaired) electrons. The summed E-state index contributed by atoms with van der Waals surface area (Å²) < 4.78 is 0. The van der Waals surface area contributed by atoms with Crippen LogP contribution in [0.2, 0.25) is 0 Å². The average Bonchev–Trinajstić information content (AvgIpc) is 1.86. The van der Waals surface area contributed by atoms with Crippen molar-refractivity contribution in [3.8, 4) is 0 Å². The van der Waals surface area contributed by atoms with E-state index in [4.69, 9.17) is 0 Å². The van der Waals surface area contributed by atoms with Crippen molar-refractivity contribution in [1.29, 1.82) is 0 Å². The Balaban J connectivity index is 2.59. The molecule has 1 heterocycles. The molecule has 0 aromatic heterocycles. The van der Waals surface area contributed by atoms with Crippen LogP contribution in [-0.4, -0.2) is 5.91 Å². The molecule has 31 valence electrons. The Hall–Kier alpha value is -0.730. The topological polar surface area (TPSA) is 41.8 Å². The summed E-state index contributed by atoms with van der Waals surface area (Å²) in [5, 5.41) is 6.48. The molecule has 1 amide bonds. The molecule has 0 spiro atoms. The van der Waals surface area contributed by atoms with Gasteiger partial charge in [-0.1, -0.05) is 0 Å². The second-order valence-electron chi connectivity index (χ2n) is 0.996. The number of azo groups is 1. The van der Waals surface area contributed by atoms with Gasteiger partial charge in [-0.05, 0) is 0 Å². The van der Waals surface area contributed by atoms with E-state index in [-0.39, 0.29) is 5.91 Å². The van der Waals surface area contributed by atoms with Crippen LogP contribution in [-0.2, 0) is 4.79 Å². The zero-order chi connectivity index (χ0) is 4.41. The molecule has 0 atom stereocenters. The fourth-order valence-corrected chi connectivity index (χ4v) is 0.265. The first-order chi connectivity index (χ1) is 2.89. The molecule has 0 aromatic carbocycles. The van der Waals surface area contributed by atoms with Crippen LogP contribution in [0, 0.1) is 6.54 Å². The van der Waals surface area contributed by atoms with Crippen molar-refractivity contribution in [1.82, 2.24) is 0 Å². The third-order valence-electron chi connectivity index (χ3n) is 0.517. The third kappa shape index (κ3) is 0.429. The summed E-state index contributed by atoms with van der Waals surface area (Å²) in [4.78, 5) is 9.95. The van der Waals surface area contributed by atoms with Crippen LogP contribution in [0.4, 0.5) is 0 Å². The maximum Gasteiger partial charge on any atom is 0.266 e. The van der Waals surface area contributed by atoms with E-state index in [0.717, 1.165) is 0 Å². The molecular weight excluding hydrogens is 80.0 g/mol. The van der Waals surface area contributed by atoms with Crippen molar-refractivity contribution in [2.45, 2.75) is 6.42 Å². The highest BCUT2D eigenvalue weighted by Crippen LogP contribution is 2.00. The lowest BCUT2D eigenvalue weighted by Gasteiger charge is -1.64. The lowest BCUT2D eigenvalue weighted by molar-refractivity contribution is -0.116. The maximum absolute atomic E-state index is 9.95. The van der Waals surface area contributed by atoms with Crippen LogP contribution < -0.4 is 0 Å². The van der Waals surface area contributed by atoms with Crippen LogP contribution in [0.5, 0.6) is 0 Å². The fourth-order valence-electron chi connectivity index (χ4n) is 0.265. The Morgan fingerprint density at radius 3 is 2.83 bits per heavy atom. The van der Waals surface area contributed by atoms with Gasteiger partial charge >= 0.3 is 0 Å². The van der Waals surface area contributed by atoms with Crippen LogP contribution in [0.25, 0.3) is 0 Å². The molecule has 0 fully saturated rings. The summed E-state index contributed by atoms with van der Waals surface area (Å²) in [5.74, 6) is -0.144. The summed E-state index contributed by atoms with van der Waals surface area (Å²) in [7, 11) is 0. The highest BCUT2D eigenvalue weighted by molar-refractivity contribution is 5.78. The number of hydrogen-bond acceptors (Lipinski definition) is 2. The minimum absolute atomic E-state index is 0.144. The quantitative estimate of drug-likeness (QED) is 0.421. The molecule has 0 saturated carbocycles. The SMILES string of the molecule is O=C1C[CH]N=N1. The van der Waals surface area contributed by atoms with Crippen molar-refractivity contribution in [2.24, 2.45) is 10.2 Å². The number of nitrogens with zero attached hydrogens (tertiary/aromatic N) is 2. The first-order valence-electron chi connectivity index (χ1n) is 1.65. The molecule has 0 bridgehead atoms. The monoisotopic (exact) mass is 83.0 g/mol. The van der Waals surface area contributed by atoms with E-state index >= 15 is 0 Å². The predicted octanol–water partition coefficient (Wildman–Crippen LogP) is 0.531. The largest absolute Gasteiger partial charge is 0.271 e. The van der Waals surface area contributed by atoms with E-state index in [0.29, 0.717) is 6.42 Å². The Bertz CT molecular complexity index is 97.0. The van der Waals surface area contributed by atoms with Crippen molar-refractivity contribution in [3.63, 3.8) is 0 Å². The number of rotatable bonds is 0. The van der Waals surface area contributed by atoms with Gasteiger partial charge in [0, 0.05) is 0 Å². The molecule has 0 unspecified atom stereocenters. The van der Waals surface area contributed by atoms with Gasteiger partial charge < -0.3 is 0 Å². The van der Waals surface area contributed by atoms with Gasteiger partial charge in [-0.2, -0.15) is 5.11 Å². The van der Waals surface area contributed by atoms with Crippen molar-refractivity contribution in [2.75, 3.05) is 0 Å². The first-order valence-corrected chi connectivity index (χ1v) is 1.65. The lowest BCUT2D eigenvalue weighted by atomic mass is 10.4. The molecule has 6 heavy (non-hydrogen) atoms. The number of amides is 1. The first kappa shape index (κ1) is 3.46. The molecule has 0 aromatic rings. The molecule has 0 saturated heterocycles. The summed E-state index contributed by atoms with van der Waals surface area (Å²) in [6.07, 6.45) is 0.389. The van der Waals surface area contributed by atoms with E-state index in [9.17, 15) is 4.79 Å². The van der Waals surface area contributed by atoms with Gasteiger partial charge in [0.15, 0.2) is 0 Å². The van der Waals surface area contributed by atoms with E-state index < -0.39 is 0 Å². The standard InChI is InChI=1S/C3H3N2O/c6-3-1-2-4-5-3/h2H,1H2. The minimum Gasteiger partial charge on any atom is -0.271 e. The molecule has 3 nitrogen and oxygen atoms in total. The van der Waals surface area contributed by atoms with E-state index in [1.165, 1.54) is 6.54 Å². The van der Waals surface area contributed by atoms with E-state index in [1.54, 1.807) is 0 Å². The Morgan fingerprint density at radius 1 is 1.83 bits per heavy atom. The van der Waals surface area contributed by atoms with Crippen molar-refractivity contribution >= 4 is 5.91 Å². The van der Waals surface area contributed by atoms with Crippen LogP contribution >= 0.6 is 0 Å². The summed E-state index contributed by atoms with van der Waals surface area (Å²) >= 11 is 0. The van der Waals surface area contributed by atoms with Crippen LogP contribution in [0.1, 0.15) is 6.42 Å².